The monoisotopic (exact) mass is 383 g/mol. The van der Waals surface area contributed by atoms with E-state index in [1.54, 1.807) is 0 Å². The van der Waals surface area contributed by atoms with Crippen molar-refractivity contribution in [2.24, 2.45) is 0 Å². The lowest BCUT2D eigenvalue weighted by Crippen LogP contribution is -2.63. The van der Waals surface area contributed by atoms with Gasteiger partial charge in [0.25, 0.3) is 0 Å². The van der Waals surface area contributed by atoms with Crippen LogP contribution in [0.4, 0.5) is 0 Å². The molecule has 2 fully saturated rings. The van der Waals surface area contributed by atoms with Crippen molar-refractivity contribution in [1.29, 1.82) is 0 Å². The summed E-state index contributed by atoms with van der Waals surface area (Å²) in [7, 11) is 2.18. The minimum Gasteiger partial charge on any atom is -0.383 e. The predicted molar refractivity (Wildman–Crippen MR) is 111 cm³/mol. The minimum atomic E-state index is -0.795. The molecule has 28 heavy (non-hydrogen) atoms. The Morgan fingerprint density at radius 1 is 1.11 bits per heavy atom. The molecule has 4 rings (SSSR count). The Bertz CT molecular complexity index is 755. The maximum absolute atomic E-state index is 11.8. The summed E-state index contributed by atoms with van der Waals surface area (Å²) in [6.07, 6.45) is 4.81. The topological polar surface area (TPSA) is 47.8 Å². The van der Waals surface area contributed by atoms with E-state index in [4.69, 9.17) is 0 Å². The van der Waals surface area contributed by atoms with Gasteiger partial charge in [-0.2, -0.15) is 0 Å². The molecule has 0 saturated carbocycles. The van der Waals surface area contributed by atoms with Crippen molar-refractivity contribution in [1.82, 2.24) is 24.3 Å². The van der Waals surface area contributed by atoms with E-state index in [2.05, 4.69) is 56.6 Å². The summed E-state index contributed by atoms with van der Waals surface area (Å²) in [6, 6.07) is 10.4. The van der Waals surface area contributed by atoms with Crippen LogP contribution in [-0.4, -0.2) is 81.7 Å². The Kier molecular flexibility index (Phi) is 5.83. The van der Waals surface area contributed by atoms with Gasteiger partial charge in [0.2, 0.25) is 0 Å². The fraction of sp³-hybridized carbons (Fsp3) is 0.591. The van der Waals surface area contributed by atoms with E-state index in [0.29, 0.717) is 0 Å². The van der Waals surface area contributed by atoms with Crippen LogP contribution < -0.4 is 0 Å². The van der Waals surface area contributed by atoms with Crippen molar-refractivity contribution in [2.75, 3.05) is 46.3 Å². The molecule has 3 heterocycles. The summed E-state index contributed by atoms with van der Waals surface area (Å²) < 4.78 is 2.12. The highest BCUT2D eigenvalue weighted by molar-refractivity contribution is 5.26. The second-order valence-corrected chi connectivity index (χ2v) is 8.33. The number of likely N-dealkylation sites (tertiary alicyclic amines) is 1. The van der Waals surface area contributed by atoms with Gasteiger partial charge in [0.05, 0.1) is 18.1 Å². The molecule has 1 N–H and O–H groups in total. The summed E-state index contributed by atoms with van der Waals surface area (Å²) in [6.45, 7) is 9.82. The number of piperidine rings is 1. The Balaban J connectivity index is 1.55. The van der Waals surface area contributed by atoms with Crippen molar-refractivity contribution in [3.8, 4) is 0 Å². The van der Waals surface area contributed by atoms with Crippen LogP contribution >= 0.6 is 0 Å². The first-order valence-electron chi connectivity index (χ1n) is 10.5. The molecule has 0 unspecified atom stereocenters. The van der Waals surface area contributed by atoms with Crippen LogP contribution in [0.2, 0.25) is 0 Å². The SMILES string of the molecule is CCn1cnc(CN2CC[C@](O)(c3ccccc3)[C@H](N3CCN(C)CC3)C2)c1. The van der Waals surface area contributed by atoms with E-state index < -0.39 is 5.60 Å². The highest BCUT2D eigenvalue weighted by Crippen LogP contribution is 2.36. The van der Waals surface area contributed by atoms with E-state index in [-0.39, 0.29) is 6.04 Å². The van der Waals surface area contributed by atoms with Crippen molar-refractivity contribution in [3.63, 3.8) is 0 Å². The largest absolute Gasteiger partial charge is 0.383 e. The molecule has 152 valence electrons. The van der Waals surface area contributed by atoms with E-state index in [0.717, 1.165) is 70.0 Å². The van der Waals surface area contributed by atoms with Crippen molar-refractivity contribution >= 4 is 0 Å². The Hall–Kier alpha value is -1.73. The van der Waals surface area contributed by atoms with Crippen molar-refractivity contribution in [3.05, 3.63) is 54.1 Å². The zero-order valence-electron chi connectivity index (χ0n) is 17.2. The van der Waals surface area contributed by atoms with Gasteiger partial charge in [-0.25, -0.2) is 4.98 Å². The molecule has 0 bridgehead atoms. The molecule has 0 spiro atoms. The van der Waals surface area contributed by atoms with Crippen LogP contribution in [0.3, 0.4) is 0 Å². The van der Waals surface area contributed by atoms with Crippen LogP contribution in [0.1, 0.15) is 24.6 Å². The number of aromatic nitrogens is 2. The van der Waals surface area contributed by atoms with Crippen LogP contribution in [0.5, 0.6) is 0 Å². The standard InChI is InChI=1S/C22H33N5O/c1-3-25-15-20(23-18-25)16-26-10-9-22(28,19-7-5-4-6-8-19)21(17-26)27-13-11-24(2)12-14-27/h4-8,15,18,21,28H,3,9-14,16-17H2,1-2H3/t21-,22+/m1/s1. The number of piperazine rings is 1. The number of imidazole rings is 1. The predicted octanol–water partition coefficient (Wildman–Crippen LogP) is 1.61. The lowest BCUT2D eigenvalue weighted by Gasteiger charge is -2.51. The number of hydrogen-bond acceptors (Lipinski definition) is 5. The lowest BCUT2D eigenvalue weighted by atomic mass is 9.79. The highest BCUT2D eigenvalue weighted by atomic mass is 16.3. The molecule has 2 aromatic rings. The van der Waals surface area contributed by atoms with Gasteiger partial charge in [-0.1, -0.05) is 30.3 Å². The summed E-state index contributed by atoms with van der Waals surface area (Å²) in [4.78, 5) is 11.9. The average Bonchev–Trinajstić information content (AvgIpc) is 3.18. The number of rotatable bonds is 5. The number of aliphatic hydroxyl groups is 1. The highest BCUT2D eigenvalue weighted by Gasteiger charge is 2.46. The van der Waals surface area contributed by atoms with Gasteiger partial charge in [0.15, 0.2) is 0 Å². The normalized spacial score (nSPS) is 27.9. The van der Waals surface area contributed by atoms with Gasteiger partial charge in [0, 0.05) is 58.6 Å². The summed E-state index contributed by atoms with van der Waals surface area (Å²) in [5, 5.41) is 11.8. The first kappa shape index (κ1) is 19.6. The molecule has 0 radical (unpaired) electrons. The third-order valence-electron chi connectivity index (χ3n) is 6.48. The van der Waals surface area contributed by atoms with Crippen LogP contribution in [0, 0.1) is 0 Å². The zero-order valence-corrected chi connectivity index (χ0v) is 17.2. The molecule has 0 amide bonds. The zero-order chi connectivity index (χ0) is 19.6. The fourth-order valence-electron chi connectivity index (χ4n) is 4.63. The van der Waals surface area contributed by atoms with Gasteiger partial charge in [0.1, 0.15) is 5.60 Å². The second kappa shape index (κ2) is 8.33. The van der Waals surface area contributed by atoms with Crippen LogP contribution in [0.25, 0.3) is 0 Å². The minimum absolute atomic E-state index is 0.102. The first-order chi connectivity index (χ1) is 13.6. The number of aryl methyl sites for hydroxylation is 1. The fourth-order valence-corrected chi connectivity index (χ4v) is 4.63. The van der Waals surface area contributed by atoms with Crippen LogP contribution in [0.15, 0.2) is 42.9 Å². The second-order valence-electron chi connectivity index (χ2n) is 8.33. The average molecular weight is 384 g/mol. The molecule has 2 saturated heterocycles. The molecule has 1 aromatic carbocycles. The molecule has 2 aliphatic heterocycles. The Labute approximate surface area is 168 Å². The molecular formula is C22H33N5O. The Morgan fingerprint density at radius 3 is 2.54 bits per heavy atom. The van der Waals surface area contributed by atoms with Gasteiger partial charge in [-0.15, -0.1) is 0 Å². The third kappa shape index (κ3) is 4.01. The summed E-state index contributed by atoms with van der Waals surface area (Å²) >= 11 is 0. The summed E-state index contributed by atoms with van der Waals surface area (Å²) in [5.41, 5.74) is 1.37. The molecule has 2 aliphatic rings. The van der Waals surface area contributed by atoms with Gasteiger partial charge in [-0.3, -0.25) is 9.80 Å². The molecular weight excluding hydrogens is 350 g/mol. The number of benzene rings is 1. The maximum atomic E-state index is 11.8. The van der Waals surface area contributed by atoms with Gasteiger partial charge < -0.3 is 14.6 Å². The molecule has 2 atom stereocenters. The number of nitrogens with zero attached hydrogens (tertiary/aromatic N) is 5. The number of hydrogen-bond donors (Lipinski definition) is 1. The van der Waals surface area contributed by atoms with Crippen molar-refractivity contribution in [2.45, 2.75) is 38.1 Å². The van der Waals surface area contributed by atoms with E-state index in [1.807, 2.05) is 24.5 Å². The van der Waals surface area contributed by atoms with Gasteiger partial charge >= 0.3 is 0 Å². The maximum Gasteiger partial charge on any atom is 0.108 e. The van der Waals surface area contributed by atoms with Crippen molar-refractivity contribution < 1.29 is 5.11 Å². The first-order valence-corrected chi connectivity index (χ1v) is 10.5. The number of likely N-dealkylation sites (N-methyl/N-ethyl adjacent to an activating group) is 1. The van der Waals surface area contributed by atoms with E-state index >= 15 is 0 Å². The third-order valence-corrected chi connectivity index (χ3v) is 6.48. The quantitative estimate of drug-likeness (QED) is 0.850. The van der Waals surface area contributed by atoms with E-state index in [9.17, 15) is 5.11 Å². The molecule has 6 nitrogen and oxygen atoms in total. The smallest absolute Gasteiger partial charge is 0.108 e. The summed E-state index contributed by atoms with van der Waals surface area (Å²) in [5.74, 6) is 0. The lowest BCUT2D eigenvalue weighted by molar-refractivity contribution is -0.108. The van der Waals surface area contributed by atoms with Gasteiger partial charge in [-0.05, 0) is 26.0 Å². The Morgan fingerprint density at radius 2 is 1.86 bits per heavy atom. The van der Waals surface area contributed by atoms with E-state index in [1.165, 1.54) is 0 Å². The molecule has 1 aromatic heterocycles. The van der Waals surface area contributed by atoms with Crippen LogP contribution in [-0.2, 0) is 18.7 Å². The molecule has 0 aliphatic carbocycles. The molecule has 6 heteroatoms.